The molecule has 0 saturated carbocycles. The average Bonchev–Trinajstić information content (AvgIpc) is 2.65. The summed E-state index contributed by atoms with van der Waals surface area (Å²) in [6.07, 6.45) is 0. The second-order valence-corrected chi connectivity index (χ2v) is 7.90. The van der Waals surface area contributed by atoms with Gasteiger partial charge >= 0.3 is 0 Å². The van der Waals surface area contributed by atoms with E-state index in [2.05, 4.69) is 5.32 Å². The smallest absolute Gasteiger partial charge is 0.255 e. The number of rotatable bonds is 4. The van der Waals surface area contributed by atoms with Gasteiger partial charge in [0, 0.05) is 24.3 Å². The predicted octanol–water partition coefficient (Wildman–Crippen LogP) is 2.41. The number of anilines is 1. The average molecular weight is 378 g/mol. The molecule has 1 saturated heterocycles. The molecule has 0 atom stereocenters. The summed E-state index contributed by atoms with van der Waals surface area (Å²) in [6.45, 7) is 2.95. The van der Waals surface area contributed by atoms with Crippen molar-refractivity contribution in [1.82, 2.24) is 4.31 Å². The van der Waals surface area contributed by atoms with E-state index < -0.39 is 15.9 Å². The first kappa shape index (κ1) is 18.5. The Balaban J connectivity index is 1.83. The van der Waals surface area contributed by atoms with Crippen LogP contribution in [0.15, 0.2) is 47.4 Å². The molecule has 2 aromatic rings. The summed E-state index contributed by atoms with van der Waals surface area (Å²) in [5.41, 5.74) is 1.26. The highest BCUT2D eigenvalue weighted by Gasteiger charge is 2.26. The normalized spacial score (nSPS) is 15.6. The summed E-state index contributed by atoms with van der Waals surface area (Å²) in [5, 5.41) is 2.68. The molecule has 1 amide bonds. The molecule has 1 aliphatic heterocycles. The van der Waals surface area contributed by atoms with E-state index in [0.29, 0.717) is 24.5 Å². The maximum atomic E-state index is 13.2. The zero-order valence-corrected chi connectivity index (χ0v) is 15.1. The van der Waals surface area contributed by atoms with Gasteiger partial charge in [0.2, 0.25) is 10.0 Å². The zero-order chi connectivity index (χ0) is 18.7. The van der Waals surface area contributed by atoms with Crippen molar-refractivity contribution < 1.29 is 22.3 Å². The van der Waals surface area contributed by atoms with Crippen LogP contribution in [-0.2, 0) is 14.8 Å². The molecule has 8 heteroatoms. The van der Waals surface area contributed by atoms with Crippen LogP contribution in [0.25, 0.3) is 0 Å². The van der Waals surface area contributed by atoms with Gasteiger partial charge in [-0.05, 0) is 48.9 Å². The fraction of sp³-hybridized carbons (Fsp3) is 0.278. The summed E-state index contributed by atoms with van der Waals surface area (Å²) in [4.78, 5) is 12.5. The van der Waals surface area contributed by atoms with E-state index in [-0.39, 0.29) is 29.4 Å². The van der Waals surface area contributed by atoms with Gasteiger partial charge in [-0.1, -0.05) is 6.07 Å². The van der Waals surface area contributed by atoms with Crippen molar-refractivity contribution in [1.29, 1.82) is 0 Å². The van der Waals surface area contributed by atoms with Crippen LogP contribution < -0.4 is 5.32 Å². The van der Waals surface area contributed by atoms with Gasteiger partial charge in [0.05, 0.1) is 18.1 Å². The quantitative estimate of drug-likeness (QED) is 0.887. The SMILES string of the molecule is Cc1cc(F)ccc1NC(=O)c1cccc(S(=O)(=O)N2CCOCC2)c1. The lowest BCUT2D eigenvalue weighted by Gasteiger charge is -2.26. The van der Waals surface area contributed by atoms with Crippen LogP contribution in [0.5, 0.6) is 0 Å². The first-order chi connectivity index (χ1) is 12.4. The van der Waals surface area contributed by atoms with Crippen molar-refractivity contribution in [3.05, 3.63) is 59.4 Å². The molecule has 0 unspecified atom stereocenters. The second-order valence-electron chi connectivity index (χ2n) is 5.96. The molecule has 1 fully saturated rings. The highest BCUT2D eigenvalue weighted by Crippen LogP contribution is 2.20. The number of ether oxygens (including phenoxy) is 1. The molecule has 1 aliphatic rings. The van der Waals surface area contributed by atoms with Gasteiger partial charge in [-0.25, -0.2) is 12.8 Å². The molecule has 0 radical (unpaired) electrons. The number of hydrogen-bond donors (Lipinski definition) is 1. The lowest BCUT2D eigenvalue weighted by Crippen LogP contribution is -2.40. The summed E-state index contributed by atoms with van der Waals surface area (Å²) in [5.74, 6) is -0.849. The van der Waals surface area contributed by atoms with Gasteiger partial charge in [0.1, 0.15) is 5.82 Å². The number of halogens is 1. The Hall–Kier alpha value is -2.29. The third-order valence-electron chi connectivity index (χ3n) is 4.14. The number of amides is 1. The number of aryl methyl sites for hydroxylation is 1. The van der Waals surface area contributed by atoms with Crippen molar-refractivity contribution in [3.63, 3.8) is 0 Å². The fourth-order valence-corrected chi connectivity index (χ4v) is 4.15. The van der Waals surface area contributed by atoms with E-state index in [1.807, 2.05) is 0 Å². The molecule has 3 rings (SSSR count). The molecule has 0 bridgehead atoms. The van der Waals surface area contributed by atoms with Crippen LogP contribution in [-0.4, -0.2) is 44.9 Å². The number of carbonyl (C=O) groups is 1. The van der Waals surface area contributed by atoms with Crippen LogP contribution in [0.1, 0.15) is 15.9 Å². The minimum absolute atomic E-state index is 0.0582. The van der Waals surface area contributed by atoms with E-state index in [1.54, 1.807) is 6.92 Å². The Morgan fingerprint density at radius 2 is 1.88 bits per heavy atom. The molecule has 0 aromatic heterocycles. The van der Waals surface area contributed by atoms with Gasteiger partial charge in [-0.2, -0.15) is 4.31 Å². The van der Waals surface area contributed by atoms with E-state index >= 15 is 0 Å². The van der Waals surface area contributed by atoms with Crippen molar-refractivity contribution >= 4 is 21.6 Å². The highest BCUT2D eigenvalue weighted by molar-refractivity contribution is 7.89. The first-order valence-electron chi connectivity index (χ1n) is 8.13. The number of carbonyl (C=O) groups excluding carboxylic acids is 1. The Kier molecular flexibility index (Phi) is 5.36. The van der Waals surface area contributed by atoms with E-state index in [9.17, 15) is 17.6 Å². The molecule has 0 aliphatic carbocycles. The highest BCUT2D eigenvalue weighted by atomic mass is 32.2. The molecule has 26 heavy (non-hydrogen) atoms. The Labute approximate surface area is 151 Å². The molecular formula is C18H19FN2O4S. The van der Waals surface area contributed by atoms with Crippen molar-refractivity contribution in [2.24, 2.45) is 0 Å². The molecule has 1 N–H and O–H groups in total. The lowest BCUT2D eigenvalue weighted by molar-refractivity contribution is 0.0730. The topological polar surface area (TPSA) is 75.7 Å². The largest absolute Gasteiger partial charge is 0.379 e. The van der Waals surface area contributed by atoms with Crippen LogP contribution in [0.4, 0.5) is 10.1 Å². The monoisotopic (exact) mass is 378 g/mol. The number of morpholine rings is 1. The van der Waals surface area contributed by atoms with E-state index in [0.717, 1.165) is 0 Å². The third kappa shape index (κ3) is 3.92. The summed E-state index contributed by atoms with van der Waals surface area (Å²) in [7, 11) is -3.68. The van der Waals surface area contributed by atoms with E-state index in [1.165, 1.54) is 46.8 Å². The number of benzene rings is 2. The van der Waals surface area contributed by atoms with Crippen molar-refractivity contribution in [2.75, 3.05) is 31.6 Å². The molecule has 6 nitrogen and oxygen atoms in total. The number of hydrogen-bond acceptors (Lipinski definition) is 4. The van der Waals surface area contributed by atoms with Crippen LogP contribution in [0.3, 0.4) is 0 Å². The van der Waals surface area contributed by atoms with Gasteiger partial charge in [-0.15, -0.1) is 0 Å². The third-order valence-corrected chi connectivity index (χ3v) is 6.04. The van der Waals surface area contributed by atoms with Gasteiger partial charge in [0.15, 0.2) is 0 Å². The molecule has 138 valence electrons. The summed E-state index contributed by atoms with van der Waals surface area (Å²) < 4.78 is 45.1. The van der Waals surface area contributed by atoms with Crippen molar-refractivity contribution in [3.8, 4) is 0 Å². The van der Waals surface area contributed by atoms with Crippen LogP contribution in [0, 0.1) is 12.7 Å². The number of sulfonamides is 1. The molecule has 2 aromatic carbocycles. The van der Waals surface area contributed by atoms with Crippen molar-refractivity contribution in [2.45, 2.75) is 11.8 Å². The molecular weight excluding hydrogens is 359 g/mol. The Morgan fingerprint density at radius 3 is 2.58 bits per heavy atom. The number of nitrogens with one attached hydrogen (secondary N) is 1. The van der Waals surface area contributed by atoms with Gasteiger partial charge in [0.25, 0.3) is 5.91 Å². The molecule has 1 heterocycles. The number of nitrogens with zero attached hydrogens (tertiary/aromatic N) is 1. The second kappa shape index (κ2) is 7.53. The van der Waals surface area contributed by atoms with E-state index in [4.69, 9.17) is 4.74 Å². The summed E-state index contributed by atoms with van der Waals surface area (Å²) in [6, 6.07) is 9.91. The van der Waals surface area contributed by atoms with Gasteiger partial charge < -0.3 is 10.1 Å². The van der Waals surface area contributed by atoms with Gasteiger partial charge in [-0.3, -0.25) is 4.79 Å². The van der Waals surface area contributed by atoms with Crippen LogP contribution in [0.2, 0.25) is 0 Å². The zero-order valence-electron chi connectivity index (χ0n) is 14.2. The summed E-state index contributed by atoms with van der Waals surface area (Å²) >= 11 is 0. The Bertz CT molecular complexity index is 925. The Morgan fingerprint density at radius 1 is 1.15 bits per heavy atom. The lowest BCUT2D eigenvalue weighted by atomic mass is 10.1. The minimum atomic E-state index is -3.68. The van der Waals surface area contributed by atoms with Crippen LogP contribution >= 0.6 is 0 Å². The minimum Gasteiger partial charge on any atom is -0.379 e. The maximum absolute atomic E-state index is 13.2. The fourth-order valence-electron chi connectivity index (χ4n) is 2.70. The molecule has 0 spiro atoms. The predicted molar refractivity (Wildman–Crippen MR) is 95.1 cm³/mol. The standard InChI is InChI=1S/C18H19FN2O4S/c1-13-11-15(19)5-6-17(13)20-18(22)14-3-2-4-16(12-14)26(23,24)21-7-9-25-10-8-21/h2-6,11-12H,7-10H2,1H3,(H,20,22). The maximum Gasteiger partial charge on any atom is 0.255 e. The first-order valence-corrected chi connectivity index (χ1v) is 9.57.